The molecule has 1 aromatic carbocycles. The van der Waals surface area contributed by atoms with Gasteiger partial charge < -0.3 is 14.5 Å². The number of anilines is 1. The third kappa shape index (κ3) is 4.41. The van der Waals surface area contributed by atoms with Crippen LogP contribution in [0.15, 0.2) is 42.6 Å². The second-order valence-corrected chi connectivity index (χ2v) is 5.69. The van der Waals surface area contributed by atoms with Gasteiger partial charge in [0.1, 0.15) is 17.4 Å². The fourth-order valence-corrected chi connectivity index (χ4v) is 2.67. The topological polar surface area (TPSA) is 45.7 Å². The lowest BCUT2D eigenvalue weighted by atomic mass is 10.2. The molecule has 138 valence electrons. The van der Waals surface area contributed by atoms with Crippen LogP contribution in [0.2, 0.25) is 0 Å². The van der Waals surface area contributed by atoms with Crippen molar-refractivity contribution in [2.75, 3.05) is 31.1 Å². The Bertz CT molecular complexity index is 755. The summed E-state index contributed by atoms with van der Waals surface area (Å²) in [6, 6.07) is 7.98. The van der Waals surface area contributed by atoms with Crippen molar-refractivity contribution in [1.29, 1.82) is 0 Å². The minimum atomic E-state index is -4.75. The highest BCUT2D eigenvalue weighted by Gasteiger charge is 2.31. The fraction of sp³-hybridized carbons (Fsp3) is 0.294. The van der Waals surface area contributed by atoms with Crippen LogP contribution in [-0.2, 0) is 0 Å². The summed E-state index contributed by atoms with van der Waals surface area (Å²) in [6.45, 7) is 1.83. The molecule has 1 aromatic heterocycles. The molecule has 9 heteroatoms. The second-order valence-electron chi connectivity index (χ2n) is 5.69. The molecule has 2 aromatic rings. The van der Waals surface area contributed by atoms with Crippen molar-refractivity contribution in [2.45, 2.75) is 6.36 Å². The zero-order valence-electron chi connectivity index (χ0n) is 13.5. The Balaban J connectivity index is 1.58. The van der Waals surface area contributed by atoms with Crippen LogP contribution in [0.1, 0.15) is 10.4 Å². The number of ether oxygens (including phenoxy) is 1. The van der Waals surface area contributed by atoms with Crippen LogP contribution in [-0.4, -0.2) is 48.3 Å². The van der Waals surface area contributed by atoms with Gasteiger partial charge in [0, 0.05) is 31.7 Å². The number of nitrogens with zero attached hydrogens (tertiary/aromatic N) is 3. The largest absolute Gasteiger partial charge is 0.573 e. The molecule has 3 rings (SSSR count). The van der Waals surface area contributed by atoms with E-state index >= 15 is 0 Å². The molecule has 0 N–H and O–H groups in total. The third-order valence-corrected chi connectivity index (χ3v) is 3.94. The first-order valence-corrected chi connectivity index (χ1v) is 7.83. The van der Waals surface area contributed by atoms with Crippen molar-refractivity contribution in [2.24, 2.45) is 0 Å². The molecule has 0 unspecified atom stereocenters. The van der Waals surface area contributed by atoms with Crippen LogP contribution in [0.5, 0.6) is 5.75 Å². The van der Waals surface area contributed by atoms with Gasteiger partial charge in [-0.25, -0.2) is 9.37 Å². The van der Waals surface area contributed by atoms with E-state index in [1.54, 1.807) is 4.90 Å². The summed E-state index contributed by atoms with van der Waals surface area (Å²) in [7, 11) is 0. The van der Waals surface area contributed by atoms with E-state index in [0.29, 0.717) is 37.6 Å². The number of halogens is 4. The molecule has 1 saturated heterocycles. The molecule has 1 fully saturated rings. The number of aromatic nitrogens is 1. The number of hydrogen-bond donors (Lipinski definition) is 0. The highest BCUT2D eigenvalue weighted by molar-refractivity contribution is 5.94. The summed E-state index contributed by atoms with van der Waals surface area (Å²) < 4.78 is 53.2. The average Bonchev–Trinajstić information content (AvgIpc) is 2.61. The molecule has 2 heterocycles. The number of amides is 1. The zero-order chi connectivity index (χ0) is 18.7. The van der Waals surface area contributed by atoms with Gasteiger partial charge in [0.25, 0.3) is 5.91 Å². The number of hydrogen-bond acceptors (Lipinski definition) is 4. The number of piperazine rings is 1. The summed E-state index contributed by atoms with van der Waals surface area (Å²) in [5, 5.41) is 0. The average molecular weight is 369 g/mol. The van der Waals surface area contributed by atoms with Gasteiger partial charge in [0.2, 0.25) is 0 Å². The molecular weight excluding hydrogens is 354 g/mol. The molecule has 5 nitrogen and oxygen atoms in total. The summed E-state index contributed by atoms with van der Waals surface area (Å²) in [6.07, 6.45) is -3.74. The van der Waals surface area contributed by atoms with Gasteiger partial charge in [0.05, 0.1) is 6.20 Å². The molecule has 0 aliphatic carbocycles. The Morgan fingerprint density at radius 1 is 1.00 bits per heavy atom. The molecule has 1 aliphatic rings. The van der Waals surface area contributed by atoms with E-state index in [4.69, 9.17) is 0 Å². The van der Waals surface area contributed by atoms with Crippen molar-refractivity contribution >= 4 is 11.7 Å². The molecule has 1 aliphatic heterocycles. The van der Waals surface area contributed by atoms with Gasteiger partial charge >= 0.3 is 6.36 Å². The lowest BCUT2D eigenvalue weighted by Crippen LogP contribution is -2.49. The molecule has 0 saturated carbocycles. The van der Waals surface area contributed by atoms with Crippen LogP contribution >= 0.6 is 0 Å². The SMILES string of the molecule is O=C(c1ccc(F)cc1)N1CCN(c2ccc(OC(F)(F)F)cn2)CC1. The Kier molecular flexibility index (Phi) is 4.97. The Hall–Kier alpha value is -2.84. The van der Waals surface area contributed by atoms with Crippen LogP contribution in [0.4, 0.5) is 23.4 Å². The van der Waals surface area contributed by atoms with Gasteiger partial charge in [-0.3, -0.25) is 4.79 Å². The van der Waals surface area contributed by atoms with E-state index in [0.717, 1.165) is 6.20 Å². The minimum absolute atomic E-state index is 0.188. The van der Waals surface area contributed by atoms with E-state index in [1.807, 2.05) is 4.90 Å². The maximum Gasteiger partial charge on any atom is 0.573 e. The fourth-order valence-electron chi connectivity index (χ4n) is 2.67. The smallest absolute Gasteiger partial charge is 0.404 e. The molecular formula is C17H15F4N3O2. The van der Waals surface area contributed by atoms with Gasteiger partial charge in [-0.15, -0.1) is 13.2 Å². The molecule has 26 heavy (non-hydrogen) atoms. The predicted molar refractivity (Wildman–Crippen MR) is 85.4 cm³/mol. The molecule has 0 spiro atoms. The number of carbonyl (C=O) groups is 1. The molecule has 0 atom stereocenters. The van der Waals surface area contributed by atoms with E-state index in [1.165, 1.54) is 36.4 Å². The number of pyridine rings is 1. The number of carbonyl (C=O) groups excluding carboxylic acids is 1. The number of rotatable bonds is 3. The molecule has 0 radical (unpaired) electrons. The minimum Gasteiger partial charge on any atom is -0.404 e. The van der Waals surface area contributed by atoms with Crippen molar-refractivity contribution in [3.63, 3.8) is 0 Å². The maximum atomic E-state index is 12.9. The van der Waals surface area contributed by atoms with E-state index in [9.17, 15) is 22.4 Å². The molecule has 0 bridgehead atoms. The summed E-state index contributed by atoms with van der Waals surface area (Å²) >= 11 is 0. The highest BCUT2D eigenvalue weighted by atomic mass is 19.4. The molecule has 1 amide bonds. The normalized spacial score (nSPS) is 15.1. The monoisotopic (exact) mass is 369 g/mol. The van der Waals surface area contributed by atoms with Crippen molar-refractivity contribution in [3.05, 3.63) is 54.0 Å². The van der Waals surface area contributed by atoms with E-state index in [-0.39, 0.29) is 11.7 Å². The Morgan fingerprint density at radius 3 is 2.19 bits per heavy atom. The van der Waals surface area contributed by atoms with Crippen LogP contribution in [0.3, 0.4) is 0 Å². The number of benzene rings is 1. The van der Waals surface area contributed by atoms with Gasteiger partial charge in [-0.05, 0) is 36.4 Å². The Labute approximate surface area is 146 Å². The van der Waals surface area contributed by atoms with Crippen LogP contribution in [0, 0.1) is 5.82 Å². The van der Waals surface area contributed by atoms with Gasteiger partial charge in [0.15, 0.2) is 0 Å². The van der Waals surface area contributed by atoms with Crippen LogP contribution in [0.25, 0.3) is 0 Å². The third-order valence-electron chi connectivity index (χ3n) is 3.94. The Morgan fingerprint density at radius 2 is 1.65 bits per heavy atom. The first kappa shape index (κ1) is 18.0. The first-order chi connectivity index (χ1) is 12.3. The zero-order valence-corrected chi connectivity index (χ0v) is 13.5. The second kappa shape index (κ2) is 7.19. The van der Waals surface area contributed by atoms with E-state index < -0.39 is 12.2 Å². The lowest BCUT2D eigenvalue weighted by molar-refractivity contribution is -0.274. The maximum absolute atomic E-state index is 12.9. The van der Waals surface area contributed by atoms with Crippen molar-refractivity contribution in [1.82, 2.24) is 9.88 Å². The first-order valence-electron chi connectivity index (χ1n) is 7.83. The standard InChI is InChI=1S/C17H15F4N3O2/c18-13-3-1-12(2-4-13)16(25)24-9-7-23(8-10-24)15-6-5-14(11-22-15)26-17(19,20)21/h1-6,11H,7-10H2. The summed E-state index contributed by atoms with van der Waals surface area (Å²) in [5.74, 6) is -0.471. The summed E-state index contributed by atoms with van der Waals surface area (Å²) in [5.41, 5.74) is 0.409. The lowest BCUT2D eigenvalue weighted by Gasteiger charge is -2.35. The van der Waals surface area contributed by atoms with Crippen molar-refractivity contribution in [3.8, 4) is 5.75 Å². The van der Waals surface area contributed by atoms with E-state index in [2.05, 4.69) is 9.72 Å². The van der Waals surface area contributed by atoms with Crippen molar-refractivity contribution < 1.29 is 27.1 Å². The van der Waals surface area contributed by atoms with Crippen LogP contribution < -0.4 is 9.64 Å². The quantitative estimate of drug-likeness (QED) is 0.780. The highest BCUT2D eigenvalue weighted by Crippen LogP contribution is 2.24. The predicted octanol–water partition coefficient (Wildman–Crippen LogP) is 3.08. The van der Waals surface area contributed by atoms with Gasteiger partial charge in [-0.1, -0.05) is 0 Å². The number of alkyl halides is 3. The van der Waals surface area contributed by atoms with Gasteiger partial charge in [-0.2, -0.15) is 0 Å². The summed E-state index contributed by atoms with van der Waals surface area (Å²) in [4.78, 5) is 19.9.